The van der Waals surface area contributed by atoms with Gasteiger partial charge in [0.1, 0.15) is 12.6 Å². The molecule has 0 saturated carbocycles. The van der Waals surface area contributed by atoms with Gasteiger partial charge in [-0.3, -0.25) is 13.9 Å². The van der Waals surface area contributed by atoms with E-state index in [1.165, 1.54) is 16.4 Å². The summed E-state index contributed by atoms with van der Waals surface area (Å²) < 4.78 is 29.1. The standard InChI is InChI=1S/C32H41N3O4S/c1-4-7-23-33-32(37)29(6-3)34(24-22-26-16-10-8-11-17-26)31(36)25-35(30-21-15-14-18-27(30)5-2)40(38,39)28-19-12-9-13-20-28/h8-21,29H,4-7,22-25H2,1-3H3,(H,33,37)/t29-/m1/s1. The van der Waals surface area contributed by atoms with Crippen LogP contribution in [0.1, 0.15) is 51.2 Å². The van der Waals surface area contributed by atoms with Crippen molar-refractivity contribution in [2.75, 3.05) is 23.9 Å². The van der Waals surface area contributed by atoms with E-state index in [2.05, 4.69) is 12.2 Å². The summed E-state index contributed by atoms with van der Waals surface area (Å²) in [4.78, 5) is 29.0. The van der Waals surface area contributed by atoms with E-state index in [-0.39, 0.29) is 17.3 Å². The number of nitrogens with one attached hydrogen (secondary N) is 1. The number of nitrogens with zero attached hydrogens (tertiary/aromatic N) is 2. The van der Waals surface area contributed by atoms with Crippen molar-refractivity contribution in [3.05, 3.63) is 96.1 Å². The fraction of sp³-hybridized carbons (Fsp3) is 0.375. The number of benzene rings is 3. The number of anilines is 1. The summed E-state index contributed by atoms with van der Waals surface area (Å²) >= 11 is 0. The number of carbonyl (C=O) groups excluding carboxylic acids is 2. The molecular formula is C32H41N3O4S. The molecule has 0 aliphatic heterocycles. The lowest BCUT2D eigenvalue weighted by Gasteiger charge is -2.33. The summed E-state index contributed by atoms with van der Waals surface area (Å²) in [6, 6.07) is 24.4. The molecule has 214 valence electrons. The molecule has 0 saturated heterocycles. The number of amides is 2. The third-order valence-corrected chi connectivity index (χ3v) is 8.72. The van der Waals surface area contributed by atoms with Gasteiger partial charge in [-0.2, -0.15) is 0 Å². The molecule has 0 aromatic heterocycles. The molecule has 40 heavy (non-hydrogen) atoms. The van der Waals surface area contributed by atoms with Crippen LogP contribution in [0.5, 0.6) is 0 Å². The van der Waals surface area contributed by atoms with E-state index < -0.39 is 28.5 Å². The number of para-hydroxylation sites is 1. The van der Waals surface area contributed by atoms with Crippen LogP contribution < -0.4 is 9.62 Å². The normalized spacial score (nSPS) is 12.0. The van der Waals surface area contributed by atoms with Gasteiger partial charge >= 0.3 is 0 Å². The first-order valence-corrected chi connectivity index (χ1v) is 15.5. The van der Waals surface area contributed by atoms with Crippen LogP contribution in [0.2, 0.25) is 0 Å². The van der Waals surface area contributed by atoms with Gasteiger partial charge in [-0.1, -0.05) is 93.9 Å². The van der Waals surface area contributed by atoms with Gasteiger partial charge in [0.2, 0.25) is 11.8 Å². The zero-order valence-electron chi connectivity index (χ0n) is 23.8. The molecule has 1 N–H and O–H groups in total. The maximum Gasteiger partial charge on any atom is 0.264 e. The van der Waals surface area contributed by atoms with Crippen molar-refractivity contribution in [3.8, 4) is 0 Å². The number of aryl methyl sites for hydroxylation is 1. The number of hydrogen-bond acceptors (Lipinski definition) is 4. The van der Waals surface area contributed by atoms with Crippen molar-refractivity contribution in [1.29, 1.82) is 0 Å². The van der Waals surface area contributed by atoms with Crippen LogP contribution >= 0.6 is 0 Å². The molecule has 0 spiro atoms. The quantitative estimate of drug-likeness (QED) is 0.257. The fourth-order valence-electron chi connectivity index (χ4n) is 4.69. The summed E-state index contributed by atoms with van der Waals surface area (Å²) in [5.41, 5.74) is 2.31. The second kappa shape index (κ2) is 15.2. The van der Waals surface area contributed by atoms with Crippen LogP contribution in [0.15, 0.2) is 89.8 Å². The van der Waals surface area contributed by atoms with Gasteiger partial charge in [-0.25, -0.2) is 8.42 Å². The first-order chi connectivity index (χ1) is 19.3. The lowest BCUT2D eigenvalue weighted by atomic mass is 10.1. The highest BCUT2D eigenvalue weighted by molar-refractivity contribution is 7.92. The Balaban J connectivity index is 2.00. The lowest BCUT2D eigenvalue weighted by molar-refractivity contribution is -0.139. The number of carbonyl (C=O) groups is 2. The van der Waals surface area contributed by atoms with Crippen molar-refractivity contribution >= 4 is 27.5 Å². The Kier molecular flexibility index (Phi) is 11.8. The highest BCUT2D eigenvalue weighted by Crippen LogP contribution is 2.28. The molecule has 0 unspecified atom stereocenters. The van der Waals surface area contributed by atoms with Crippen LogP contribution in [0, 0.1) is 0 Å². The molecule has 0 aliphatic rings. The van der Waals surface area contributed by atoms with Crippen LogP contribution in [0.3, 0.4) is 0 Å². The smallest absolute Gasteiger partial charge is 0.264 e. The predicted octanol–water partition coefficient (Wildman–Crippen LogP) is 5.21. The van der Waals surface area contributed by atoms with Gasteiger partial charge in [0, 0.05) is 13.1 Å². The first-order valence-electron chi connectivity index (χ1n) is 14.1. The molecule has 0 radical (unpaired) electrons. The fourth-order valence-corrected chi connectivity index (χ4v) is 6.16. The minimum absolute atomic E-state index is 0.105. The van der Waals surface area contributed by atoms with Gasteiger partial charge in [0.15, 0.2) is 0 Å². The Morgan fingerprint density at radius 1 is 0.850 bits per heavy atom. The van der Waals surface area contributed by atoms with Crippen LogP contribution in [-0.4, -0.2) is 50.8 Å². The molecule has 0 aliphatic carbocycles. The maximum atomic E-state index is 14.1. The maximum absolute atomic E-state index is 14.1. The first kappa shape index (κ1) is 30.9. The minimum Gasteiger partial charge on any atom is -0.354 e. The third kappa shape index (κ3) is 7.94. The molecule has 2 amide bonds. The number of unbranched alkanes of at least 4 members (excludes halogenated alkanes) is 1. The third-order valence-electron chi connectivity index (χ3n) is 6.95. The molecule has 1 atom stereocenters. The Hall–Kier alpha value is -3.65. The molecular weight excluding hydrogens is 522 g/mol. The van der Waals surface area contributed by atoms with E-state index in [0.717, 1.165) is 24.0 Å². The SMILES string of the molecule is CCCCNC(=O)[C@@H](CC)N(CCc1ccccc1)C(=O)CN(c1ccccc1CC)S(=O)(=O)c1ccccc1. The van der Waals surface area contributed by atoms with E-state index in [9.17, 15) is 18.0 Å². The number of rotatable bonds is 15. The predicted molar refractivity (Wildman–Crippen MR) is 161 cm³/mol. The Morgan fingerprint density at radius 3 is 2.10 bits per heavy atom. The lowest BCUT2D eigenvalue weighted by Crippen LogP contribution is -2.53. The molecule has 0 fully saturated rings. The van der Waals surface area contributed by atoms with E-state index in [1.54, 1.807) is 35.2 Å². The van der Waals surface area contributed by atoms with Crippen molar-refractivity contribution in [2.24, 2.45) is 0 Å². The average molecular weight is 564 g/mol. The van der Waals surface area contributed by atoms with Crippen molar-refractivity contribution in [3.63, 3.8) is 0 Å². The summed E-state index contributed by atoms with van der Waals surface area (Å²) in [5, 5.41) is 2.96. The molecule has 3 aromatic carbocycles. The monoisotopic (exact) mass is 563 g/mol. The highest BCUT2D eigenvalue weighted by Gasteiger charge is 2.33. The Labute approximate surface area is 239 Å². The van der Waals surface area contributed by atoms with E-state index in [0.29, 0.717) is 31.5 Å². The van der Waals surface area contributed by atoms with E-state index in [4.69, 9.17) is 0 Å². The van der Waals surface area contributed by atoms with E-state index >= 15 is 0 Å². The van der Waals surface area contributed by atoms with Gasteiger partial charge in [-0.05, 0) is 55.0 Å². The number of sulfonamides is 1. The average Bonchev–Trinajstić information content (AvgIpc) is 2.98. The van der Waals surface area contributed by atoms with Crippen LogP contribution in [-0.2, 0) is 32.5 Å². The summed E-state index contributed by atoms with van der Waals surface area (Å²) in [7, 11) is -4.07. The minimum atomic E-state index is -4.07. The molecule has 3 rings (SSSR count). The molecule has 3 aromatic rings. The zero-order valence-corrected chi connectivity index (χ0v) is 24.6. The zero-order chi connectivity index (χ0) is 29.0. The van der Waals surface area contributed by atoms with Crippen LogP contribution in [0.25, 0.3) is 0 Å². The van der Waals surface area contributed by atoms with Gasteiger partial charge in [-0.15, -0.1) is 0 Å². The molecule has 8 heteroatoms. The topological polar surface area (TPSA) is 86.8 Å². The van der Waals surface area contributed by atoms with Gasteiger partial charge < -0.3 is 10.2 Å². The number of hydrogen-bond donors (Lipinski definition) is 1. The van der Waals surface area contributed by atoms with Crippen LogP contribution in [0.4, 0.5) is 5.69 Å². The Morgan fingerprint density at radius 2 is 1.48 bits per heavy atom. The largest absolute Gasteiger partial charge is 0.354 e. The second-order valence-electron chi connectivity index (χ2n) is 9.70. The van der Waals surface area contributed by atoms with Crippen molar-refractivity contribution in [1.82, 2.24) is 10.2 Å². The Bertz CT molecular complexity index is 1330. The highest BCUT2D eigenvalue weighted by atomic mass is 32.2. The van der Waals surface area contributed by atoms with E-state index in [1.807, 2.05) is 56.3 Å². The van der Waals surface area contributed by atoms with Crippen molar-refractivity contribution in [2.45, 2.75) is 63.8 Å². The second-order valence-corrected chi connectivity index (χ2v) is 11.6. The molecule has 0 heterocycles. The molecule has 7 nitrogen and oxygen atoms in total. The molecule has 0 bridgehead atoms. The van der Waals surface area contributed by atoms with Crippen molar-refractivity contribution < 1.29 is 18.0 Å². The summed E-state index contributed by atoms with van der Waals surface area (Å²) in [6.07, 6.45) is 3.34. The van der Waals surface area contributed by atoms with Gasteiger partial charge in [0.05, 0.1) is 10.6 Å². The summed E-state index contributed by atoms with van der Waals surface area (Å²) in [5.74, 6) is -0.636. The van der Waals surface area contributed by atoms with Gasteiger partial charge in [0.25, 0.3) is 10.0 Å². The summed E-state index contributed by atoms with van der Waals surface area (Å²) in [6.45, 7) is 6.28.